The highest BCUT2D eigenvalue weighted by atomic mass is 16.5. The summed E-state index contributed by atoms with van der Waals surface area (Å²) in [6.07, 6.45) is 9.97. The average molecular weight is 616 g/mol. The van der Waals surface area contributed by atoms with Crippen molar-refractivity contribution in [3.8, 4) is 22.8 Å². The van der Waals surface area contributed by atoms with E-state index in [-0.39, 0.29) is 29.9 Å². The molecule has 5 rings (SSSR count). The third kappa shape index (κ3) is 6.63. The lowest BCUT2D eigenvalue weighted by Crippen LogP contribution is -2.33. The van der Waals surface area contributed by atoms with Crippen molar-refractivity contribution in [2.75, 3.05) is 20.8 Å². The third-order valence-electron chi connectivity index (χ3n) is 7.92. The number of carboxylic acid groups (broad SMARTS) is 2. The number of rotatable bonds is 11. The van der Waals surface area contributed by atoms with Gasteiger partial charge >= 0.3 is 11.9 Å². The number of hydrogen-bond donors (Lipinski definition) is 2. The minimum absolute atomic E-state index is 0.0345. The van der Waals surface area contributed by atoms with Crippen molar-refractivity contribution in [1.82, 2.24) is 14.8 Å². The van der Waals surface area contributed by atoms with E-state index in [9.17, 15) is 19.8 Å². The van der Waals surface area contributed by atoms with Crippen LogP contribution in [0.1, 0.15) is 61.6 Å². The summed E-state index contributed by atoms with van der Waals surface area (Å²) in [6, 6.07) is 8.32. The van der Waals surface area contributed by atoms with E-state index in [1.54, 1.807) is 37.6 Å². The second-order valence-electron chi connectivity index (χ2n) is 12.0. The maximum absolute atomic E-state index is 12.7. The fourth-order valence-corrected chi connectivity index (χ4v) is 5.61. The number of aliphatic carboxylic acids is 1. The molecule has 2 aromatic heterocycles. The highest BCUT2D eigenvalue weighted by Gasteiger charge is 2.37. The van der Waals surface area contributed by atoms with E-state index in [1.807, 2.05) is 43.7 Å². The van der Waals surface area contributed by atoms with Gasteiger partial charge in [-0.15, -0.1) is 0 Å². The summed E-state index contributed by atoms with van der Waals surface area (Å²) < 4.78 is 25.1. The maximum Gasteiger partial charge on any atom is 0.337 e. The predicted molar refractivity (Wildman–Crippen MR) is 166 cm³/mol. The Morgan fingerprint density at radius 1 is 1.18 bits per heavy atom. The smallest absolute Gasteiger partial charge is 0.337 e. The van der Waals surface area contributed by atoms with E-state index in [2.05, 4.69) is 10.1 Å². The second kappa shape index (κ2) is 12.6. The van der Waals surface area contributed by atoms with Crippen molar-refractivity contribution in [2.45, 2.75) is 57.8 Å². The first-order valence-corrected chi connectivity index (χ1v) is 14.5. The number of benzene rings is 1. The normalized spacial score (nSPS) is 18.0. The van der Waals surface area contributed by atoms with Crippen molar-refractivity contribution in [3.05, 3.63) is 88.6 Å². The van der Waals surface area contributed by atoms with Gasteiger partial charge in [0, 0.05) is 55.3 Å². The van der Waals surface area contributed by atoms with Crippen molar-refractivity contribution in [2.24, 2.45) is 0 Å². The first-order valence-electron chi connectivity index (χ1n) is 14.5. The van der Waals surface area contributed by atoms with Crippen LogP contribution in [-0.4, -0.2) is 63.3 Å². The Hall–Kier alpha value is -4.90. The molecule has 2 aliphatic rings. The standard InChI is InChI=1S/C34H37N3O8/c1-33(2,3)37-30(26-9-8-24(42-4)16-29(26)45-20-27-25(32(40)41)7-6-13-35-27)23(19-36-37)15-22(31(38)39)18-34(43-5)12-10-28-21(17-34)11-14-44-28/h6-10,12-13,15-16,19H,11,14,17-18,20H2,1-5H3,(H,38,39)(H,40,41). The summed E-state index contributed by atoms with van der Waals surface area (Å²) in [4.78, 5) is 28.7. The van der Waals surface area contributed by atoms with Crippen LogP contribution in [0.3, 0.4) is 0 Å². The van der Waals surface area contributed by atoms with Crippen LogP contribution in [0, 0.1) is 0 Å². The fourth-order valence-electron chi connectivity index (χ4n) is 5.61. The largest absolute Gasteiger partial charge is 0.497 e. The van der Waals surface area contributed by atoms with Crippen LogP contribution in [0.4, 0.5) is 0 Å². The van der Waals surface area contributed by atoms with Crippen LogP contribution >= 0.6 is 0 Å². The Labute approximate surface area is 261 Å². The summed E-state index contributed by atoms with van der Waals surface area (Å²) >= 11 is 0. The van der Waals surface area contributed by atoms with Gasteiger partial charge in [0.1, 0.15) is 23.9 Å². The SMILES string of the molecule is COc1ccc(-c2c(C=C(CC3(OC)C=CC4=C(CCO4)C3)C(=O)O)cnn2C(C)(C)C)c(OCc2ncccc2C(=O)O)c1. The number of hydrogen-bond acceptors (Lipinski definition) is 8. The molecular weight excluding hydrogens is 578 g/mol. The Balaban J connectivity index is 1.58. The zero-order chi connectivity index (χ0) is 32.4. The minimum atomic E-state index is -1.11. The van der Waals surface area contributed by atoms with E-state index >= 15 is 0 Å². The fraction of sp³-hybridized carbons (Fsp3) is 0.353. The predicted octanol–water partition coefficient (Wildman–Crippen LogP) is 5.86. The van der Waals surface area contributed by atoms with E-state index in [0.717, 1.165) is 17.8 Å². The molecule has 1 aliphatic carbocycles. The van der Waals surface area contributed by atoms with E-state index < -0.39 is 23.1 Å². The van der Waals surface area contributed by atoms with Crippen molar-refractivity contribution >= 4 is 18.0 Å². The first kappa shape index (κ1) is 31.5. The summed E-state index contributed by atoms with van der Waals surface area (Å²) in [6.45, 7) is 6.47. The van der Waals surface area contributed by atoms with E-state index in [0.29, 0.717) is 41.3 Å². The van der Waals surface area contributed by atoms with Gasteiger partial charge in [-0.2, -0.15) is 5.10 Å². The summed E-state index contributed by atoms with van der Waals surface area (Å²) in [5.41, 5.74) is 2.03. The molecule has 1 aromatic carbocycles. The molecule has 11 heteroatoms. The molecule has 0 radical (unpaired) electrons. The number of nitrogens with zero attached hydrogens (tertiary/aromatic N) is 3. The van der Waals surface area contributed by atoms with Gasteiger partial charge in [-0.1, -0.05) is 0 Å². The molecule has 1 unspecified atom stereocenters. The highest BCUT2D eigenvalue weighted by Crippen LogP contribution is 2.41. The van der Waals surface area contributed by atoms with Gasteiger partial charge in [0.15, 0.2) is 0 Å². The number of carbonyl (C=O) groups is 2. The number of pyridine rings is 1. The Morgan fingerprint density at radius 3 is 2.67 bits per heavy atom. The molecule has 0 amide bonds. The monoisotopic (exact) mass is 615 g/mol. The lowest BCUT2D eigenvalue weighted by atomic mass is 9.82. The van der Waals surface area contributed by atoms with E-state index in [4.69, 9.17) is 18.9 Å². The third-order valence-corrected chi connectivity index (χ3v) is 7.92. The van der Waals surface area contributed by atoms with Gasteiger partial charge in [0.05, 0.1) is 48.0 Å². The first-order chi connectivity index (χ1) is 21.4. The zero-order valence-corrected chi connectivity index (χ0v) is 26.0. The molecule has 0 saturated heterocycles. The number of ether oxygens (including phenoxy) is 4. The topological polar surface area (TPSA) is 142 Å². The highest BCUT2D eigenvalue weighted by molar-refractivity contribution is 5.94. The lowest BCUT2D eigenvalue weighted by Gasteiger charge is -2.32. The molecule has 1 atom stereocenters. The molecule has 0 bridgehead atoms. The maximum atomic E-state index is 12.7. The lowest BCUT2D eigenvalue weighted by molar-refractivity contribution is -0.133. The van der Waals surface area contributed by atoms with Crippen LogP contribution in [-0.2, 0) is 26.4 Å². The van der Waals surface area contributed by atoms with Crippen LogP contribution in [0.15, 0.2) is 71.8 Å². The molecule has 0 spiro atoms. The van der Waals surface area contributed by atoms with Gasteiger partial charge < -0.3 is 29.2 Å². The van der Waals surface area contributed by atoms with Crippen LogP contribution in [0.5, 0.6) is 11.5 Å². The van der Waals surface area contributed by atoms with E-state index in [1.165, 1.54) is 19.4 Å². The molecule has 1 aliphatic heterocycles. The summed E-state index contributed by atoms with van der Waals surface area (Å²) in [7, 11) is 3.13. The molecule has 0 fully saturated rings. The quantitative estimate of drug-likeness (QED) is 0.252. The number of carboxylic acids is 2. The molecule has 236 valence electrons. The minimum Gasteiger partial charge on any atom is -0.497 e. The van der Waals surface area contributed by atoms with Crippen molar-refractivity contribution < 1.29 is 38.7 Å². The van der Waals surface area contributed by atoms with Crippen LogP contribution in [0.2, 0.25) is 0 Å². The Morgan fingerprint density at radius 2 is 1.98 bits per heavy atom. The molecule has 11 nitrogen and oxygen atoms in total. The summed E-state index contributed by atoms with van der Waals surface area (Å²) in [5.74, 6) is -0.432. The average Bonchev–Trinajstić information content (AvgIpc) is 3.66. The zero-order valence-electron chi connectivity index (χ0n) is 26.0. The van der Waals surface area contributed by atoms with Gasteiger partial charge in [0.2, 0.25) is 0 Å². The number of allylic oxidation sites excluding steroid dienone is 1. The number of aromatic carboxylic acids is 1. The number of methoxy groups -OCH3 is 2. The van der Waals surface area contributed by atoms with Crippen molar-refractivity contribution in [3.63, 3.8) is 0 Å². The molecule has 3 heterocycles. The molecule has 2 N–H and O–H groups in total. The number of aromatic nitrogens is 3. The summed E-state index contributed by atoms with van der Waals surface area (Å²) in [5, 5.41) is 24.7. The molecular formula is C34H37N3O8. The van der Waals surface area contributed by atoms with Gasteiger partial charge in [-0.3, -0.25) is 9.67 Å². The van der Waals surface area contributed by atoms with Gasteiger partial charge in [0.25, 0.3) is 0 Å². The second-order valence-corrected chi connectivity index (χ2v) is 12.0. The van der Waals surface area contributed by atoms with Crippen LogP contribution in [0.25, 0.3) is 17.3 Å². The Bertz CT molecular complexity index is 1710. The van der Waals surface area contributed by atoms with Crippen molar-refractivity contribution in [1.29, 1.82) is 0 Å². The van der Waals surface area contributed by atoms with Gasteiger partial charge in [-0.25, -0.2) is 9.59 Å². The Kier molecular flexibility index (Phi) is 8.83. The van der Waals surface area contributed by atoms with Gasteiger partial charge in [-0.05, 0) is 68.8 Å². The van der Waals surface area contributed by atoms with Crippen LogP contribution < -0.4 is 9.47 Å². The molecule has 45 heavy (non-hydrogen) atoms. The molecule has 3 aromatic rings. The molecule has 0 saturated carbocycles.